The average molecular weight is 400 g/mol. The van der Waals surface area contributed by atoms with Gasteiger partial charge in [0.25, 0.3) is 5.91 Å². The van der Waals surface area contributed by atoms with Gasteiger partial charge in [-0.15, -0.1) is 0 Å². The Labute approximate surface area is 160 Å². The first kappa shape index (κ1) is 21.4. The summed E-state index contributed by atoms with van der Waals surface area (Å²) in [5.74, 6) is -0.938. The smallest absolute Gasteiger partial charge is 0.331 e. The first-order chi connectivity index (χ1) is 12.7. The van der Waals surface area contributed by atoms with Crippen LogP contribution in [-0.2, 0) is 26.6 Å². The summed E-state index contributed by atoms with van der Waals surface area (Å²) in [6.45, 7) is 4.23. The van der Waals surface area contributed by atoms with Gasteiger partial charge in [0.15, 0.2) is 0 Å². The van der Waals surface area contributed by atoms with Gasteiger partial charge in [0.1, 0.15) is 16.1 Å². The van der Waals surface area contributed by atoms with Gasteiger partial charge in [0.2, 0.25) is 10.0 Å². The van der Waals surface area contributed by atoms with Gasteiger partial charge in [0.05, 0.1) is 7.11 Å². The summed E-state index contributed by atoms with van der Waals surface area (Å²) in [6, 6.07) is 1.36. The first-order valence-corrected chi connectivity index (χ1v) is 10.7. The molecule has 0 aliphatic heterocycles. The molecule has 1 amide bonds. The van der Waals surface area contributed by atoms with Crippen LogP contribution in [0, 0.1) is 0 Å². The van der Waals surface area contributed by atoms with E-state index in [1.54, 1.807) is 20.9 Å². The summed E-state index contributed by atoms with van der Waals surface area (Å²) in [4.78, 5) is 25.3. The minimum absolute atomic E-state index is 0.0645. The minimum atomic E-state index is -3.66. The molecular weight excluding hydrogens is 370 g/mol. The van der Waals surface area contributed by atoms with Crippen LogP contribution in [0.2, 0.25) is 0 Å². The molecule has 152 valence electrons. The Kier molecular flexibility index (Phi) is 6.69. The number of hydrogen-bond donors (Lipinski definition) is 1. The van der Waals surface area contributed by atoms with E-state index in [1.807, 2.05) is 0 Å². The topological polar surface area (TPSA) is 97.7 Å². The summed E-state index contributed by atoms with van der Waals surface area (Å²) in [5.41, 5.74) is -0.860. The second kappa shape index (κ2) is 8.43. The van der Waals surface area contributed by atoms with E-state index in [0.717, 1.165) is 19.3 Å². The number of nitrogens with zero attached hydrogens (tertiary/aromatic N) is 2. The van der Waals surface area contributed by atoms with Gasteiger partial charge in [-0.25, -0.2) is 13.2 Å². The van der Waals surface area contributed by atoms with Crippen molar-refractivity contribution in [3.05, 3.63) is 18.0 Å². The van der Waals surface area contributed by atoms with E-state index in [1.165, 1.54) is 28.2 Å². The highest BCUT2D eigenvalue weighted by Gasteiger charge is 2.42. The van der Waals surface area contributed by atoms with Crippen molar-refractivity contribution in [3.8, 4) is 0 Å². The quantitative estimate of drug-likeness (QED) is 0.703. The molecule has 0 aromatic carbocycles. The Morgan fingerprint density at radius 3 is 2.33 bits per heavy atom. The molecule has 0 radical (unpaired) electrons. The number of esters is 1. The molecule has 0 unspecified atom stereocenters. The molecule has 0 bridgehead atoms. The lowest BCUT2D eigenvalue weighted by Gasteiger charge is -2.35. The summed E-state index contributed by atoms with van der Waals surface area (Å²) in [6.07, 6.45) is 5.11. The largest absolute Gasteiger partial charge is 0.467 e. The Bertz CT molecular complexity index is 790. The molecule has 0 saturated heterocycles. The number of aromatic nitrogens is 1. The van der Waals surface area contributed by atoms with E-state index >= 15 is 0 Å². The predicted octanol–water partition coefficient (Wildman–Crippen LogP) is 1.66. The van der Waals surface area contributed by atoms with Crippen LogP contribution in [0.15, 0.2) is 17.2 Å². The summed E-state index contributed by atoms with van der Waals surface area (Å²) < 4.78 is 33.1. The minimum Gasteiger partial charge on any atom is -0.467 e. The van der Waals surface area contributed by atoms with Crippen LogP contribution >= 0.6 is 0 Å². The van der Waals surface area contributed by atoms with Crippen molar-refractivity contribution in [1.82, 2.24) is 14.2 Å². The van der Waals surface area contributed by atoms with Gasteiger partial charge < -0.3 is 14.6 Å². The van der Waals surface area contributed by atoms with Crippen molar-refractivity contribution in [3.63, 3.8) is 0 Å². The highest BCUT2D eigenvalue weighted by atomic mass is 32.2. The molecule has 1 heterocycles. The Hall–Kier alpha value is -1.87. The molecule has 1 fully saturated rings. The molecule has 1 aromatic heterocycles. The SMILES string of the molecule is CCN(CC)S(=O)(=O)c1cc(C(=O)NC2(C(=O)OC)CCCCC2)n(C)c1. The number of carbonyl (C=O) groups excluding carboxylic acids is 2. The van der Waals surface area contributed by atoms with Crippen LogP contribution in [0.25, 0.3) is 0 Å². The number of nitrogens with one attached hydrogen (secondary N) is 1. The van der Waals surface area contributed by atoms with E-state index in [9.17, 15) is 18.0 Å². The number of sulfonamides is 1. The molecule has 1 aliphatic rings. The molecule has 1 N–H and O–H groups in total. The number of ether oxygens (including phenoxy) is 1. The maximum Gasteiger partial charge on any atom is 0.331 e. The van der Waals surface area contributed by atoms with E-state index in [-0.39, 0.29) is 10.6 Å². The molecule has 1 saturated carbocycles. The molecular formula is C18H29N3O5S. The number of aryl methyl sites for hydroxylation is 1. The molecule has 9 heteroatoms. The Balaban J connectivity index is 2.32. The zero-order valence-electron chi connectivity index (χ0n) is 16.4. The van der Waals surface area contributed by atoms with E-state index < -0.39 is 27.4 Å². The summed E-state index contributed by atoms with van der Waals surface area (Å²) in [7, 11) is -0.744. The molecule has 27 heavy (non-hydrogen) atoms. The molecule has 1 aliphatic carbocycles. The van der Waals surface area contributed by atoms with Crippen molar-refractivity contribution in [2.45, 2.75) is 56.4 Å². The van der Waals surface area contributed by atoms with Gasteiger partial charge in [-0.1, -0.05) is 33.1 Å². The standard InChI is InChI=1S/C18H29N3O5S/c1-5-21(6-2)27(24,25)14-12-15(20(3)13-14)16(22)19-18(17(23)26-4)10-8-7-9-11-18/h12-13H,5-11H2,1-4H3,(H,19,22). The first-order valence-electron chi connectivity index (χ1n) is 9.29. The van der Waals surface area contributed by atoms with Gasteiger partial charge >= 0.3 is 5.97 Å². The third-order valence-electron chi connectivity index (χ3n) is 5.19. The number of methoxy groups -OCH3 is 1. The maximum absolute atomic E-state index is 12.9. The van der Waals surface area contributed by atoms with Crippen molar-refractivity contribution >= 4 is 21.9 Å². The van der Waals surface area contributed by atoms with Crippen LogP contribution in [0.1, 0.15) is 56.4 Å². The van der Waals surface area contributed by atoms with Gasteiger partial charge in [0, 0.05) is 26.3 Å². The highest BCUT2D eigenvalue weighted by Crippen LogP contribution is 2.30. The van der Waals surface area contributed by atoms with Crippen molar-refractivity contribution in [2.24, 2.45) is 7.05 Å². The Morgan fingerprint density at radius 2 is 1.81 bits per heavy atom. The lowest BCUT2D eigenvalue weighted by Crippen LogP contribution is -2.56. The number of amides is 1. The molecule has 1 aromatic rings. The molecule has 8 nitrogen and oxygen atoms in total. The molecule has 0 atom stereocenters. The predicted molar refractivity (Wildman–Crippen MR) is 101 cm³/mol. The van der Waals surface area contributed by atoms with Crippen LogP contribution < -0.4 is 5.32 Å². The Morgan fingerprint density at radius 1 is 1.22 bits per heavy atom. The summed E-state index contributed by atoms with van der Waals surface area (Å²) >= 11 is 0. The second-order valence-electron chi connectivity index (χ2n) is 6.85. The van der Waals surface area contributed by atoms with Crippen molar-refractivity contribution < 1.29 is 22.7 Å². The van der Waals surface area contributed by atoms with Crippen molar-refractivity contribution in [1.29, 1.82) is 0 Å². The third kappa shape index (κ3) is 4.19. The maximum atomic E-state index is 12.9. The zero-order chi connectivity index (χ0) is 20.2. The fraction of sp³-hybridized carbons (Fsp3) is 0.667. The van der Waals surface area contributed by atoms with Crippen LogP contribution in [0.5, 0.6) is 0 Å². The van der Waals surface area contributed by atoms with E-state index in [0.29, 0.717) is 25.9 Å². The fourth-order valence-electron chi connectivity index (χ4n) is 3.63. The molecule has 2 rings (SSSR count). The van der Waals surface area contributed by atoms with Crippen LogP contribution in [0.3, 0.4) is 0 Å². The van der Waals surface area contributed by atoms with E-state index in [4.69, 9.17) is 4.74 Å². The number of carbonyl (C=O) groups is 2. The van der Waals surface area contributed by atoms with Crippen molar-refractivity contribution in [2.75, 3.05) is 20.2 Å². The van der Waals surface area contributed by atoms with Gasteiger partial charge in [-0.2, -0.15) is 4.31 Å². The number of hydrogen-bond acceptors (Lipinski definition) is 5. The monoisotopic (exact) mass is 399 g/mol. The normalized spacial score (nSPS) is 16.9. The molecule has 0 spiro atoms. The third-order valence-corrected chi connectivity index (χ3v) is 7.21. The fourth-order valence-corrected chi connectivity index (χ4v) is 5.16. The zero-order valence-corrected chi connectivity index (χ0v) is 17.3. The lowest BCUT2D eigenvalue weighted by atomic mass is 9.81. The van der Waals surface area contributed by atoms with Gasteiger partial charge in [-0.3, -0.25) is 4.79 Å². The second-order valence-corrected chi connectivity index (χ2v) is 8.79. The van der Waals surface area contributed by atoms with Gasteiger partial charge in [-0.05, 0) is 18.9 Å². The summed E-state index contributed by atoms with van der Waals surface area (Å²) in [5, 5.41) is 2.82. The highest BCUT2D eigenvalue weighted by molar-refractivity contribution is 7.89. The number of rotatable bonds is 7. The lowest BCUT2D eigenvalue weighted by molar-refractivity contribution is -0.149. The average Bonchev–Trinajstić information content (AvgIpc) is 3.05. The van der Waals surface area contributed by atoms with Crippen LogP contribution in [-0.4, -0.2) is 54.9 Å². The van der Waals surface area contributed by atoms with Crippen LogP contribution in [0.4, 0.5) is 0 Å². The van der Waals surface area contributed by atoms with E-state index in [2.05, 4.69) is 5.32 Å².